The molecule has 4 rings (SSSR count). The lowest BCUT2D eigenvalue weighted by molar-refractivity contribution is 0.102. The normalized spacial score (nSPS) is 10.5. The lowest BCUT2D eigenvalue weighted by atomic mass is 10.1. The zero-order chi connectivity index (χ0) is 18.6. The molecule has 0 bridgehead atoms. The number of rotatable bonds is 4. The van der Waals surface area contributed by atoms with Crippen molar-refractivity contribution < 1.29 is 4.79 Å². The molecule has 1 aromatic heterocycles. The summed E-state index contributed by atoms with van der Waals surface area (Å²) in [6.45, 7) is 0. The zero-order valence-corrected chi connectivity index (χ0v) is 15.2. The van der Waals surface area contributed by atoms with Crippen LogP contribution in [0.2, 0.25) is 0 Å². The van der Waals surface area contributed by atoms with E-state index in [9.17, 15) is 4.79 Å². The van der Waals surface area contributed by atoms with Gasteiger partial charge in [-0.05, 0) is 36.4 Å². The Hall–Kier alpha value is -3.44. The number of nitrogens with two attached hydrogens (primary N) is 1. The first kappa shape index (κ1) is 17.0. The van der Waals surface area contributed by atoms with E-state index in [1.165, 1.54) is 0 Å². The molecule has 4 aromatic rings. The van der Waals surface area contributed by atoms with Crippen molar-refractivity contribution in [1.29, 1.82) is 0 Å². The Morgan fingerprint density at radius 1 is 0.889 bits per heavy atom. The second-order valence-electron chi connectivity index (χ2n) is 6.02. The van der Waals surface area contributed by atoms with E-state index in [0.717, 1.165) is 33.2 Å². The maximum absolute atomic E-state index is 12.2. The van der Waals surface area contributed by atoms with Crippen LogP contribution in [0.15, 0.2) is 84.2 Å². The average Bonchev–Trinajstić information content (AvgIpc) is 3.19. The van der Waals surface area contributed by atoms with Gasteiger partial charge in [-0.2, -0.15) is 0 Å². The Morgan fingerprint density at radius 2 is 1.59 bits per heavy atom. The SMILES string of the molecule is Nc1ccccc1-c1nc(-c2ccc(NC(=O)c3ccccc3)cc2)cs1. The first-order chi connectivity index (χ1) is 13.2. The van der Waals surface area contributed by atoms with Crippen LogP contribution in [0.5, 0.6) is 0 Å². The van der Waals surface area contributed by atoms with E-state index in [4.69, 9.17) is 10.7 Å². The van der Waals surface area contributed by atoms with Gasteiger partial charge in [-0.1, -0.05) is 42.5 Å². The Morgan fingerprint density at radius 3 is 2.33 bits per heavy atom. The third-order valence-corrected chi connectivity index (χ3v) is 5.05. The predicted octanol–water partition coefficient (Wildman–Crippen LogP) is 5.31. The molecule has 4 nitrogen and oxygen atoms in total. The van der Waals surface area contributed by atoms with Crippen molar-refractivity contribution in [3.05, 3.63) is 89.8 Å². The van der Waals surface area contributed by atoms with E-state index in [1.807, 2.05) is 72.1 Å². The van der Waals surface area contributed by atoms with Gasteiger partial charge in [0.2, 0.25) is 0 Å². The molecule has 132 valence electrons. The smallest absolute Gasteiger partial charge is 0.255 e. The number of nitrogen functional groups attached to an aromatic ring is 1. The molecule has 1 amide bonds. The number of carbonyl (C=O) groups is 1. The van der Waals surface area contributed by atoms with Crippen molar-refractivity contribution in [3.63, 3.8) is 0 Å². The molecule has 0 spiro atoms. The van der Waals surface area contributed by atoms with Crippen LogP contribution < -0.4 is 11.1 Å². The Kier molecular flexibility index (Phi) is 4.68. The fourth-order valence-corrected chi connectivity index (χ4v) is 3.61. The highest BCUT2D eigenvalue weighted by atomic mass is 32.1. The number of hydrogen-bond donors (Lipinski definition) is 2. The molecule has 27 heavy (non-hydrogen) atoms. The van der Waals surface area contributed by atoms with Crippen molar-refractivity contribution in [2.24, 2.45) is 0 Å². The van der Waals surface area contributed by atoms with Crippen LogP contribution in [0.25, 0.3) is 21.8 Å². The predicted molar refractivity (Wildman–Crippen MR) is 112 cm³/mol. The highest BCUT2D eigenvalue weighted by Gasteiger charge is 2.10. The number of aromatic nitrogens is 1. The summed E-state index contributed by atoms with van der Waals surface area (Å²) in [4.78, 5) is 16.9. The summed E-state index contributed by atoms with van der Waals surface area (Å²) in [6.07, 6.45) is 0. The highest BCUT2D eigenvalue weighted by molar-refractivity contribution is 7.13. The van der Waals surface area contributed by atoms with Gasteiger partial charge in [0.1, 0.15) is 5.01 Å². The van der Waals surface area contributed by atoms with Crippen LogP contribution >= 0.6 is 11.3 Å². The Bertz CT molecular complexity index is 1070. The summed E-state index contributed by atoms with van der Waals surface area (Å²) in [5.41, 5.74) is 11.0. The van der Waals surface area contributed by atoms with Gasteiger partial charge in [0.05, 0.1) is 5.69 Å². The number of amides is 1. The number of benzene rings is 3. The van der Waals surface area contributed by atoms with E-state index >= 15 is 0 Å². The summed E-state index contributed by atoms with van der Waals surface area (Å²) in [5.74, 6) is -0.126. The molecular weight excluding hydrogens is 354 g/mol. The molecule has 0 atom stereocenters. The van der Waals surface area contributed by atoms with Gasteiger partial charge < -0.3 is 11.1 Å². The number of hydrogen-bond acceptors (Lipinski definition) is 4. The van der Waals surface area contributed by atoms with Crippen LogP contribution in [-0.2, 0) is 0 Å². The topological polar surface area (TPSA) is 68.0 Å². The summed E-state index contributed by atoms with van der Waals surface area (Å²) in [7, 11) is 0. The Balaban J connectivity index is 1.51. The number of nitrogens with one attached hydrogen (secondary N) is 1. The summed E-state index contributed by atoms with van der Waals surface area (Å²) in [5, 5.41) is 5.81. The van der Waals surface area contributed by atoms with Gasteiger partial charge in [-0.3, -0.25) is 4.79 Å². The number of nitrogens with zero attached hydrogens (tertiary/aromatic N) is 1. The minimum Gasteiger partial charge on any atom is -0.398 e. The van der Waals surface area contributed by atoms with Crippen LogP contribution in [0.1, 0.15) is 10.4 Å². The van der Waals surface area contributed by atoms with Gasteiger partial charge in [0, 0.05) is 33.4 Å². The standard InChI is InChI=1S/C22H17N3OS/c23-19-9-5-4-8-18(19)22-25-20(14-27-22)15-10-12-17(13-11-15)24-21(26)16-6-2-1-3-7-16/h1-14H,23H2,(H,24,26). The minimum absolute atomic E-state index is 0.126. The molecule has 0 aliphatic heterocycles. The highest BCUT2D eigenvalue weighted by Crippen LogP contribution is 2.32. The van der Waals surface area contributed by atoms with Crippen molar-refractivity contribution >= 4 is 28.6 Å². The van der Waals surface area contributed by atoms with Crippen LogP contribution in [0, 0.1) is 0 Å². The summed E-state index contributed by atoms with van der Waals surface area (Å²) < 4.78 is 0. The second kappa shape index (κ2) is 7.43. The minimum atomic E-state index is -0.126. The maximum atomic E-state index is 12.2. The van der Waals surface area contributed by atoms with Crippen molar-refractivity contribution in [2.75, 3.05) is 11.1 Å². The summed E-state index contributed by atoms with van der Waals surface area (Å²) >= 11 is 1.56. The molecule has 0 aliphatic carbocycles. The van der Waals surface area contributed by atoms with Gasteiger partial charge in [0.25, 0.3) is 5.91 Å². The van der Waals surface area contributed by atoms with Crippen molar-refractivity contribution in [1.82, 2.24) is 4.98 Å². The van der Waals surface area contributed by atoms with Gasteiger partial charge >= 0.3 is 0 Å². The molecule has 0 radical (unpaired) electrons. The molecule has 0 fully saturated rings. The lowest BCUT2D eigenvalue weighted by Crippen LogP contribution is -2.11. The fourth-order valence-electron chi connectivity index (χ4n) is 2.74. The molecule has 0 aliphatic rings. The van der Waals surface area contributed by atoms with Crippen molar-refractivity contribution in [3.8, 4) is 21.8 Å². The molecule has 3 N–H and O–H groups in total. The largest absolute Gasteiger partial charge is 0.398 e. The van der Waals surface area contributed by atoms with Gasteiger partial charge in [0.15, 0.2) is 0 Å². The van der Waals surface area contributed by atoms with E-state index < -0.39 is 0 Å². The molecule has 0 saturated heterocycles. The number of thiazole rings is 1. The molecule has 0 saturated carbocycles. The van der Waals surface area contributed by atoms with E-state index in [2.05, 4.69) is 5.32 Å². The maximum Gasteiger partial charge on any atom is 0.255 e. The fraction of sp³-hybridized carbons (Fsp3) is 0. The number of anilines is 2. The number of carbonyl (C=O) groups excluding carboxylic acids is 1. The average molecular weight is 371 g/mol. The van der Waals surface area contributed by atoms with Crippen LogP contribution in [0.3, 0.4) is 0 Å². The molecule has 1 heterocycles. The molecule has 3 aromatic carbocycles. The quantitative estimate of drug-likeness (QED) is 0.478. The van der Waals surface area contributed by atoms with E-state index in [1.54, 1.807) is 23.5 Å². The number of para-hydroxylation sites is 1. The van der Waals surface area contributed by atoms with E-state index in [0.29, 0.717) is 5.56 Å². The first-order valence-corrected chi connectivity index (χ1v) is 9.36. The van der Waals surface area contributed by atoms with E-state index in [-0.39, 0.29) is 5.91 Å². The van der Waals surface area contributed by atoms with Gasteiger partial charge in [-0.25, -0.2) is 4.98 Å². The second-order valence-corrected chi connectivity index (χ2v) is 6.88. The monoisotopic (exact) mass is 371 g/mol. The molecule has 0 unspecified atom stereocenters. The third kappa shape index (κ3) is 3.73. The third-order valence-electron chi connectivity index (χ3n) is 4.17. The molecule has 5 heteroatoms. The van der Waals surface area contributed by atoms with Crippen LogP contribution in [-0.4, -0.2) is 10.9 Å². The molecular formula is C22H17N3OS. The summed E-state index contributed by atoms with van der Waals surface area (Å²) in [6, 6.07) is 24.5. The zero-order valence-electron chi connectivity index (χ0n) is 14.4. The van der Waals surface area contributed by atoms with Crippen molar-refractivity contribution in [2.45, 2.75) is 0 Å². The van der Waals surface area contributed by atoms with Gasteiger partial charge in [-0.15, -0.1) is 11.3 Å². The van der Waals surface area contributed by atoms with Crippen LogP contribution in [0.4, 0.5) is 11.4 Å². The first-order valence-electron chi connectivity index (χ1n) is 8.48. The lowest BCUT2D eigenvalue weighted by Gasteiger charge is -2.06. The Labute approximate surface area is 161 Å².